The molecule has 19 heavy (non-hydrogen) atoms. The highest BCUT2D eigenvalue weighted by Gasteiger charge is 2.30. The maximum Gasteiger partial charge on any atom is 0.129 e. The molecule has 0 spiro atoms. The minimum absolute atomic E-state index is 0.101. The van der Waals surface area contributed by atoms with E-state index >= 15 is 0 Å². The van der Waals surface area contributed by atoms with Crippen LogP contribution in [0, 0.1) is 11.7 Å². The lowest BCUT2D eigenvalue weighted by atomic mass is 10.0. The summed E-state index contributed by atoms with van der Waals surface area (Å²) in [5, 5.41) is 0.481. The van der Waals surface area contributed by atoms with Crippen molar-refractivity contribution in [1.82, 2.24) is 4.90 Å². The average Bonchev–Trinajstić information content (AvgIpc) is 2.83. The van der Waals surface area contributed by atoms with Crippen LogP contribution in [0.1, 0.15) is 37.8 Å². The number of nitrogens with zero attached hydrogens (tertiary/aromatic N) is 1. The van der Waals surface area contributed by atoms with E-state index in [-0.39, 0.29) is 11.9 Å². The minimum atomic E-state index is -0.248. The molecule has 0 aromatic heterocycles. The predicted molar refractivity (Wildman–Crippen MR) is 77.8 cm³/mol. The van der Waals surface area contributed by atoms with E-state index in [1.807, 2.05) is 0 Å². The topological polar surface area (TPSA) is 29.3 Å². The molecule has 106 valence electrons. The first kappa shape index (κ1) is 14.8. The maximum absolute atomic E-state index is 14.0. The van der Waals surface area contributed by atoms with Gasteiger partial charge in [0.1, 0.15) is 5.82 Å². The van der Waals surface area contributed by atoms with Crippen molar-refractivity contribution in [1.29, 1.82) is 0 Å². The van der Waals surface area contributed by atoms with Crippen molar-refractivity contribution in [3.8, 4) is 0 Å². The van der Waals surface area contributed by atoms with Gasteiger partial charge in [0.2, 0.25) is 0 Å². The largest absolute Gasteiger partial charge is 0.329 e. The van der Waals surface area contributed by atoms with Gasteiger partial charge in [0.15, 0.2) is 0 Å². The average molecular weight is 285 g/mol. The SMILES string of the molecule is CCCC1CCN(C(CN)c2c(F)cccc2Cl)C1. The Morgan fingerprint density at radius 2 is 2.32 bits per heavy atom. The molecule has 2 nitrogen and oxygen atoms in total. The van der Waals surface area contributed by atoms with E-state index in [1.54, 1.807) is 12.1 Å². The Bertz CT molecular complexity index is 404. The molecule has 4 heteroatoms. The number of hydrogen-bond acceptors (Lipinski definition) is 2. The number of benzene rings is 1. The van der Waals surface area contributed by atoms with E-state index in [1.165, 1.54) is 25.3 Å². The van der Waals surface area contributed by atoms with Crippen LogP contribution in [0.5, 0.6) is 0 Å². The van der Waals surface area contributed by atoms with Crippen LogP contribution in [-0.4, -0.2) is 24.5 Å². The Balaban J connectivity index is 2.17. The molecule has 2 atom stereocenters. The van der Waals surface area contributed by atoms with Crippen LogP contribution in [0.15, 0.2) is 18.2 Å². The van der Waals surface area contributed by atoms with E-state index in [0.717, 1.165) is 13.1 Å². The van der Waals surface area contributed by atoms with Gasteiger partial charge in [-0.15, -0.1) is 0 Å². The molecule has 0 amide bonds. The fourth-order valence-corrected chi connectivity index (χ4v) is 3.36. The number of halogens is 2. The third kappa shape index (κ3) is 3.28. The highest BCUT2D eigenvalue weighted by molar-refractivity contribution is 6.31. The Kier molecular flexibility index (Phi) is 5.20. The number of nitrogens with two attached hydrogens (primary N) is 1. The molecule has 0 bridgehead atoms. The van der Waals surface area contributed by atoms with E-state index in [0.29, 0.717) is 23.0 Å². The smallest absolute Gasteiger partial charge is 0.129 e. The molecular formula is C15H22ClFN2. The van der Waals surface area contributed by atoms with Crippen molar-refractivity contribution in [2.45, 2.75) is 32.2 Å². The Labute approximate surface area is 119 Å². The molecule has 1 heterocycles. The third-order valence-corrected chi connectivity index (χ3v) is 4.34. The lowest BCUT2D eigenvalue weighted by Crippen LogP contribution is -2.33. The van der Waals surface area contributed by atoms with Gasteiger partial charge in [-0.05, 0) is 37.4 Å². The predicted octanol–water partition coefficient (Wildman–Crippen LogP) is 3.60. The molecule has 2 N–H and O–H groups in total. The van der Waals surface area contributed by atoms with Crippen molar-refractivity contribution in [2.75, 3.05) is 19.6 Å². The summed E-state index contributed by atoms with van der Waals surface area (Å²) in [7, 11) is 0. The lowest BCUT2D eigenvalue weighted by Gasteiger charge is -2.28. The summed E-state index contributed by atoms with van der Waals surface area (Å²) in [5.74, 6) is 0.464. The van der Waals surface area contributed by atoms with Gasteiger partial charge in [-0.1, -0.05) is 31.0 Å². The summed E-state index contributed by atoms with van der Waals surface area (Å²) in [6, 6.07) is 4.74. The molecule has 1 aromatic rings. The molecular weight excluding hydrogens is 263 g/mol. The van der Waals surface area contributed by atoms with Crippen molar-refractivity contribution in [2.24, 2.45) is 11.7 Å². The molecule has 0 radical (unpaired) electrons. The zero-order valence-corrected chi connectivity index (χ0v) is 12.2. The standard InChI is InChI=1S/C15H22ClFN2/c1-2-4-11-7-8-19(10-11)14(9-18)15-12(16)5-3-6-13(15)17/h3,5-6,11,14H,2,4,7-10,18H2,1H3. The monoisotopic (exact) mass is 284 g/mol. The van der Waals surface area contributed by atoms with E-state index in [9.17, 15) is 4.39 Å². The Morgan fingerprint density at radius 3 is 2.95 bits per heavy atom. The van der Waals surface area contributed by atoms with Crippen molar-refractivity contribution in [3.05, 3.63) is 34.6 Å². The second-order valence-electron chi connectivity index (χ2n) is 5.33. The van der Waals surface area contributed by atoms with Crippen molar-refractivity contribution < 1.29 is 4.39 Å². The van der Waals surface area contributed by atoms with Crippen molar-refractivity contribution >= 4 is 11.6 Å². The second-order valence-corrected chi connectivity index (χ2v) is 5.73. The molecule has 1 saturated heterocycles. The molecule has 2 unspecified atom stereocenters. The zero-order chi connectivity index (χ0) is 13.8. The van der Waals surface area contributed by atoms with Gasteiger partial charge in [0.25, 0.3) is 0 Å². The highest BCUT2D eigenvalue weighted by Crippen LogP contribution is 2.33. The van der Waals surface area contributed by atoms with Gasteiger partial charge in [-0.3, -0.25) is 4.90 Å². The number of likely N-dealkylation sites (tertiary alicyclic amines) is 1. The quantitative estimate of drug-likeness (QED) is 0.895. The lowest BCUT2D eigenvalue weighted by molar-refractivity contribution is 0.235. The van der Waals surface area contributed by atoms with Crippen LogP contribution in [0.4, 0.5) is 4.39 Å². The molecule has 0 aliphatic carbocycles. The van der Waals surface area contributed by atoms with Crippen LogP contribution in [-0.2, 0) is 0 Å². The third-order valence-electron chi connectivity index (χ3n) is 4.01. The fraction of sp³-hybridized carbons (Fsp3) is 0.600. The zero-order valence-electron chi connectivity index (χ0n) is 11.4. The molecule has 1 fully saturated rings. The van der Waals surface area contributed by atoms with Gasteiger partial charge in [0, 0.05) is 23.7 Å². The number of rotatable bonds is 5. The van der Waals surface area contributed by atoms with Crippen molar-refractivity contribution in [3.63, 3.8) is 0 Å². The summed E-state index contributed by atoms with van der Waals surface area (Å²) in [5.41, 5.74) is 6.43. The first-order chi connectivity index (χ1) is 9.17. The maximum atomic E-state index is 14.0. The summed E-state index contributed by atoms with van der Waals surface area (Å²) >= 11 is 6.16. The Hall–Kier alpha value is -0.640. The summed E-state index contributed by atoms with van der Waals surface area (Å²) in [6.45, 7) is 4.59. The van der Waals surface area contributed by atoms with Gasteiger partial charge in [0.05, 0.1) is 6.04 Å². The van der Waals surface area contributed by atoms with Gasteiger partial charge >= 0.3 is 0 Å². The highest BCUT2D eigenvalue weighted by atomic mass is 35.5. The summed E-state index contributed by atoms with van der Waals surface area (Å²) in [6.07, 6.45) is 3.61. The van der Waals surface area contributed by atoms with E-state index in [4.69, 9.17) is 17.3 Å². The fourth-order valence-electron chi connectivity index (χ4n) is 3.07. The van der Waals surface area contributed by atoms with Gasteiger partial charge in [-0.25, -0.2) is 4.39 Å². The normalized spacial score (nSPS) is 21.8. The van der Waals surface area contributed by atoms with Crippen LogP contribution in [0.25, 0.3) is 0 Å². The van der Waals surface area contributed by atoms with Crippen LogP contribution >= 0.6 is 11.6 Å². The summed E-state index contributed by atoms with van der Waals surface area (Å²) in [4.78, 5) is 2.28. The van der Waals surface area contributed by atoms with Crippen LogP contribution in [0.3, 0.4) is 0 Å². The van der Waals surface area contributed by atoms with E-state index in [2.05, 4.69) is 11.8 Å². The minimum Gasteiger partial charge on any atom is -0.329 e. The molecule has 1 aliphatic rings. The van der Waals surface area contributed by atoms with Gasteiger partial charge < -0.3 is 5.73 Å². The van der Waals surface area contributed by atoms with Crippen LogP contribution in [0.2, 0.25) is 5.02 Å². The summed E-state index contributed by atoms with van der Waals surface area (Å²) < 4.78 is 14.0. The molecule has 0 saturated carbocycles. The second kappa shape index (κ2) is 6.69. The Morgan fingerprint density at radius 1 is 1.53 bits per heavy atom. The van der Waals surface area contributed by atoms with E-state index < -0.39 is 0 Å². The van der Waals surface area contributed by atoms with Crippen LogP contribution < -0.4 is 5.73 Å². The first-order valence-corrected chi connectivity index (χ1v) is 7.43. The number of hydrogen-bond donors (Lipinski definition) is 1. The molecule has 2 rings (SSSR count). The van der Waals surface area contributed by atoms with Gasteiger partial charge in [-0.2, -0.15) is 0 Å². The molecule has 1 aromatic carbocycles. The molecule has 1 aliphatic heterocycles. The first-order valence-electron chi connectivity index (χ1n) is 7.05.